The van der Waals surface area contributed by atoms with E-state index in [1.807, 2.05) is 57.2 Å². The quantitative estimate of drug-likeness (QED) is 0.845. The molecule has 0 aromatic heterocycles. The molecule has 3 nitrogen and oxygen atoms in total. The highest BCUT2D eigenvalue weighted by Crippen LogP contribution is 2.09. The maximum absolute atomic E-state index is 11.5. The van der Waals surface area contributed by atoms with Crippen LogP contribution in [0.25, 0.3) is 6.08 Å². The van der Waals surface area contributed by atoms with Crippen molar-refractivity contribution in [3.8, 4) is 0 Å². The number of alkyl halides is 1. The number of hydrogen-bond acceptors (Lipinski definition) is 2. The predicted octanol–water partition coefficient (Wildman–Crippen LogP) is 4.12. The number of benzene rings is 1. The third-order valence-electron chi connectivity index (χ3n) is 2.19. The molecular formula is C15H20BrNO2. The lowest BCUT2D eigenvalue weighted by Crippen LogP contribution is -2.32. The first-order valence-corrected chi connectivity index (χ1v) is 7.31. The van der Waals surface area contributed by atoms with Gasteiger partial charge in [0.25, 0.3) is 0 Å². The number of hydrogen-bond donors (Lipinski definition) is 1. The molecule has 1 rings (SSSR count). The van der Waals surface area contributed by atoms with Gasteiger partial charge >= 0.3 is 6.09 Å². The molecule has 1 aromatic rings. The highest BCUT2D eigenvalue weighted by molar-refractivity contribution is 9.09. The van der Waals surface area contributed by atoms with Gasteiger partial charge in [-0.3, -0.25) is 0 Å². The zero-order valence-electron chi connectivity index (χ0n) is 11.6. The van der Waals surface area contributed by atoms with Gasteiger partial charge in [0.05, 0.1) is 0 Å². The van der Waals surface area contributed by atoms with Crippen molar-refractivity contribution in [2.75, 3.05) is 5.33 Å². The molecule has 1 N–H and O–H groups in total. The normalized spacial score (nSPS) is 11.6. The van der Waals surface area contributed by atoms with Crippen LogP contribution in [0.4, 0.5) is 4.79 Å². The minimum atomic E-state index is -0.468. The van der Waals surface area contributed by atoms with Crippen LogP contribution in [0.3, 0.4) is 0 Å². The van der Waals surface area contributed by atoms with E-state index in [2.05, 4.69) is 21.2 Å². The van der Waals surface area contributed by atoms with Crippen LogP contribution in [0.1, 0.15) is 31.9 Å². The smallest absolute Gasteiger partial charge is 0.407 e. The molecule has 104 valence electrons. The van der Waals surface area contributed by atoms with E-state index in [1.54, 1.807) is 0 Å². The molecule has 0 aliphatic rings. The van der Waals surface area contributed by atoms with Crippen molar-refractivity contribution in [1.29, 1.82) is 0 Å². The molecule has 19 heavy (non-hydrogen) atoms. The van der Waals surface area contributed by atoms with Crippen LogP contribution in [0.5, 0.6) is 0 Å². The minimum absolute atomic E-state index is 0.395. The summed E-state index contributed by atoms with van der Waals surface area (Å²) in [6, 6.07) is 8.01. The lowest BCUT2D eigenvalue weighted by Gasteiger charge is -2.19. The summed E-state index contributed by atoms with van der Waals surface area (Å²) in [5.74, 6) is 0. The number of ether oxygens (including phenoxy) is 1. The number of carbonyl (C=O) groups excluding carboxylic acids is 1. The van der Waals surface area contributed by atoms with Gasteiger partial charge in [0.2, 0.25) is 0 Å². The van der Waals surface area contributed by atoms with E-state index >= 15 is 0 Å². The second kappa shape index (κ2) is 7.34. The van der Waals surface area contributed by atoms with Crippen molar-refractivity contribution in [2.24, 2.45) is 0 Å². The van der Waals surface area contributed by atoms with E-state index in [-0.39, 0.29) is 0 Å². The Hall–Kier alpha value is -1.29. The molecule has 1 amide bonds. The molecule has 0 heterocycles. The summed E-state index contributed by atoms with van der Waals surface area (Å²) in [5.41, 5.74) is 1.69. The monoisotopic (exact) mass is 325 g/mol. The maximum atomic E-state index is 11.5. The summed E-state index contributed by atoms with van der Waals surface area (Å²) in [4.78, 5) is 11.5. The van der Waals surface area contributed by atoms with Gasteiger partial charge in [0.15, 0.2) is 0 Å². The Balaban J connectivity index is 2.54. The van der Waals surface area contributed by atoms with Gasteiger partial charge in [-0.2, -0.15) is 0 Å². The Morgan fingerprint density at radius 2 is 2.16 bits per heavy atom. The standard InChI is InChI=1S/C15H20BrNO2/c1-15(2,3)19-14(18)17-11-13-7-4-6-12(10-13)8-5-9-16/h4-8,10H,9,11H2,1-3H3,(H,17,18). The van der Waals surface area contributed by atoms with E-state index in [4.69, 9.17) is 4.74 Å². The molecule has 0 saturated carbocycles. The Labute approximate surface area is 123 Å². The van der Waals surface area contributed by atoms with Gasteiger partial charge in [0, 0.05) is 11.9 Å². The van der Waals surface area contributed by atoms with Crippen LogP contribution >= 0.6 is 15.9 Å². The molecule has 0 unspecified atom stereocenters. The lowest BCUT2D eigenvalue weighted by atomic mass is 10.1. The molecule has 0 aliphatic heterocycles. The fraction of sp³-hybridized carbons (Fsp3) is 0.400. The first-order chi connectivity index (χ1) is 8.90. The maximum Gasteiger partial charge on any atom is 0.407 e. The first-order valence-electron chi connectivity index (χ1n) is 6.19. The molecule has 0 radical (unpaired) electrons. The lowest BCUT2D eigenvalue weighted by molar-refractivity contribution is 0.0523. The van der Waals surface area contributed by atoms with Crippen LogP contribution in [0.2, 0.25) is 0 Å². The summed E-state index contributed by atoms with van der Waals surface area (Å²) in [6.07, 6.45) is 3.67. The van der Waals surface area contributed by atoms with Crippen LogP contribution in [-0.2, 0) is 11.3 Å². The summed E-state index contributed by atoms with van der Waals surface area (Å²) in [6.45, 7) is 6.00. The summed E-state index contributed by atoms with van der Waals surface area (Å²) in [7, 11) is 0. The van der Waals surface area contributed by atoms with Crippen molar-refractivity contribution in [3.63, 3.8) is 0 Å². The number of carbonyl (C=O) groups is 1. The molecule has 0 aliphatic carbocycles. The number of nitrogens with one attached hydrogen (secondary N) is 1. The minimum Gasteiger partial charge on any atom is -0.444 e. The topological polar surface area (TPSA) is 38.3 Å². The Kier molecular flexibility index (Phi) is 6.09. The van der Waals surface area contributed by atoms with E-state index < -0.39 is 11.7 Å². The Morgan fingerprint density at radius 3 is 2.79 bits per heavy atom. The number of amides is 1. The molecule has 0 spiro atoms. The molecule has 0 saturated heterocycles. The average Bonchev–Trinajstić information content (AvgIpc) is 2.32. The largest absolute Gasteiger partial charge is 0.444 e. The highest BCUT2D eigenvalue weighted by atomic mass is 79.9. The van der Waals surface area contributed by atoms with Gasteiger partial charge in [-0.15, -0.1) is 0 Å². The fourth-order valence-corrected chi connectivity index (χ4v) is 1.66. The molecule has 0 atom stereocenters. The molecule has 0 bridgehead atoms. The van der Waals surface area contributed by atoms with Crippen LogP contribution < -0.4 is 5.32 Å². The van der Waals surface area contributed by atoms with Gasteiger partial charge in [-0.25, -0.2) is 4.79 Å². The molecule has 4 heteroatoms. The molecular weight excluding hydrogens is 306 g/mol. The zero-order valence-corrected chi connectivity index (χ0v) is 13.2. The number of allylic oxidation sites excluding steroid dienone is 1. The van der Waals surface area contributed by atoms with Gasteiger partial charge in [-0.05, 0) is 38.0 Å². The van der Waals surface area contributed by atoms with Crippen molar-refractivity contribution in [3.05, 3.63) is 41.5 Å². The summed E-state index contributed by atoms with van der Waals surface area (Å²) in [5, 5.41) is 3.57. The zero-order chi connectivity index (χ0) is 14.3. The first kappa shape index (κ1) is 15.8. The van der Waals surface area contributed by atoms with Crippen molar-refractivity contribution < 1.29 is 9.53 Å². The van der Waals surface area contributed by atoms with E-state index in [0.717, 1.165) is 16.5 Å². The molecule has 1 aromatic carbocycles. The second-order valence-corrected chi connectivity index (χ2v) is 5.80. The van der Waals surface area contributed by atoms with E-state index in [9.17, 15) is 4.79 Å². The summed E-state index contributed by atoms with van der Waals surface area (Å²) < 4.78 is 5.18. The second-order valence-electron chi connectivity index (χ2n) is 5.16. The van der Waals surface area contributed by atoms with Gasteiger partial charge in [0.1, 0.15) is 5.60 Å². The SMILES string of the molecule is CC(C)(C)OC(=O)NCc1cccc(C=CCBr)c1. The van der Waals surface area contributed by atoms with Crippen molar-refractivity contribution >= 4 is 28.1 Å². The highest BCUT2D eigenvalue weighted by Gasteiger charge is 2.15. The number of halogens is 1. The van der Waals surface area contributed by atoms with Gasteiger partial charge in [-0.1, -0.05) is 46.3 Å². The fourth-order valence-electron chi connectivity index (χ4n) is 1.48. The third kappa shape index (κ3) is 7.01. The Morgan fingerprint density at radius 1 is 1.42 bits per heavy atom. The van der Waals surface area contributed by atoms with Crippen LogP contribution in [0.15, 0.2) is 30.3 Å². The van der Waals surface area contributed by atoms with E-state index in [1.165, 1.54) is 0 Å². The number of alkyl carbamates (subject to hydrolysis) is 1. The average molecular weight is 326 g/mol. The summed E-state index contributed by atoms with van der Waals surface area (Å²) >= 11 is 3.34. The van der Waals surface area contributed by atoms with E-state index in [0.29, 0.717) is 6.54 Å². The van der Waals surface area contributed by atoms with Crippen LogP contribution in [-0.4, -0.2) is 17.0 Å². The van der Waals surface area contributed by atoms with Crippen molar-refractivity contribution in [2.45, 2.75) is 32.9 Å². The number of rotatable bonds is 4. The predicted molar refractivity (Wildman–Crippen MR) is 82.3 cm³/mol. The Bertz CT molecular complexity index is 450. The van der Waals surface area contributed by atoms with Crippen molar-refractivity contribution in [1.82, 2.24) is 5.32 Å². The van der Waals surface area contributed by atoms with Crippen LogP contribution in [0, 0.1) is 0 Å². The van der Waals surface area contributed by atoms with Gasteiger partial charge < -0.3 is 10.1 Å². The third-order valence-corrected chi connectivity index (χ3v) is 2.56. The molecule has 0 fully saturated rings.